The van der Waals surface area contributed by atoms with E-state index in [0.29, 0.717) is 0 Å². The zero-order valence-corrected chi connectivity index (χ0v) is 9.77. The molecule has 1 rings (SSSR count). The van der Waals surface area contributed by atoms with Crippen molar-refractivity contribution < 1.29 is 8.78 Å². The fourth-order valence-electron chi connectivity index (χ4n) is 1.88. The van der Waals surface area contributed by atoms with Crippen molar-refractivity contribution in [2.75, 3.05) is 13.6 Å². The molecular formula is C10H18F2N4. The molecule has 16 heavy (non-hydrogen) atoms. The first-order valence-electron chi connectivity index (χ1n) is 5.14. The fraction of sp³-hybridized carbons (Fsp3) is 0.700. The molecule has 92 valence electrons. The molecule has 4 nitrogen and oxygen atoms in total. The summed E-state index contributed by atoms with van der Waals surface area (Å²) in [5, 5.41) is 4.03. The quantitative estimate of drug-likeness (QED) is 0.824. The van der Waals surface area contributed by atoms with Gasteiger partial charge in [-0.05, 0) is 14.0 Å². The lowest BCUT2D eigenvalue weighted by Gasteiger charge is -2.29. The second-order valence-corrected chi connectivity index (χ2v) is 4.08. The number of halogens is 2. The number of hydrogen-bond acceptors (Lipinski definition) is 3. The molecule has 2 unspecified atom stereocenters. The van der Waals surface area contributed by atoms with E-state index in [0.717, 1.165) is 5.56 Å². The third kappa shape index (κ3) is 3.24. The first kappa shape index (κ1) is 13.1. The molecule has 2 atom stereocenters. The van der Waals surface area contributed by atoms with Crippen molar-refractivity contribution in [3.05, 3.63) is 18.0 Å². The minimum Gasteiger partial charge on any atom is -0.326 e. The van der Waals surface area contributed by atoms with E-state index in [1.807, 2.05) is 0 Å². The van der Waals surface area contributed by atoms with E-state index in [9.17, 15) is 8.78 Å². The van der Waals surface area contributed by atoms with Gasteiger partial charge in [-0.15, -0.1) is 0 Å². The Hall–Kier alpha value is -1.01. The average molecular weight is 232 g/mol. The number of hydrogen-bond donors (Lipinski definition) is 1. The van der Waals surface area contributed by atoms with Gasteiger partial charge in [0.2, 0.25) is 0 Å². The van der Waals surface area contributed by atoms with Crippen LogP contribution in [0.4, 0.5) is 8.78 Å². The van der Waals surface area contributed by atoms with E-state index >= 15 is 0 Å². The Morgan fingerprint density at radius 1 is 1.56 bits per heavy atom. The lowest BCUT2D eigenvalue weighted by Crippen LogP contribution is -2.39. The first-order valence-corrected chi connectivity index (χ1v) is 5.14. The van der Waals surface area contributed by atoms with Gasteiger partial charge in [0, 0.05) is 24.8 Å². The van der Waals surface area contributed by atoms with Crippen molar-refractivity contribution in [3.63, 3.8) is 0 Å². The molecule has 0 radical (unpaired) electrons. The van der Waals surface area contributed by atoms with Gasteiger partial charge in [0.1, 0.15) is 0 Å². The lowest BCUT2D eigenvalue weighted by atomic mass is 10.0. The van der Waals surface area contributed by atoms with Crippen LogP contribution in [0, 0.1) is 0 Å². The van der Waals surface area contributed by atoms with Gasteiger partial charge in [-0.2, -0.15) is 5.10 Å². The van der Waals surface area contributed by atoms with Crippen LogP contribution in [0.25, 0.3) is 0 Å². The van der Waals surface area contributed by atoms with E-state index in [1.54, 1.807) is 43.0 Å². The molecule has 0 bridgehead atoms. The molecule has 1 aromatic rings. The number of rotatable bonds is 5. The summed E-state index contributed by atoms with van der Waals surface area (Å²) in [5.74, 6) is 0. The number of nitrogens with two attached hydrogens (primary N) is 1. The van der Waals surface area contributed by atoms with Crippen molar-refractivity contribution in [3.8, 4) is 0 Å². The van der Waals surface area contributed by atoms with Crippen LogP contribution in [0.15, 0.2) is 12.4 Å². The van der Waals surface area contributed by atoms with Crippen molar-refractivity contribution in [2.45, 2.75) is 25.4 Å². The highest BCUT2D eigenvalue weighted by molar-refractivity contribution is 5.12. The van der Waals surface area contributed by atoms with Gasteiger partial charge in [0.25, 0.3) is 6.43 Å². The molecule has 0 aliphatic carbocycles. The predicted octanol–water partition coefficient (Wildman–Crippen LogP) is 1.01. The van der Waals surface area contributed by atoms with E-state index in [2.05, 4.69) is 5.10 Å². The highest BCUT2D eigenvalue weighted by atomic mass is 19.3. The predicted molar refractivity (Wildman–Crippen MR) is 58.2 cm³/mol. The molecule has 0 aromatic carbocycles. The van der Waals surface area contributed by atoms with Crippen LogP contribution >= 0.6 is 0 Å². The van der Waals surface area contributed by atoms with Gasteiger partial charge < -0.3 is 5.73 Å². The van der Waals surface area contributed by atoms with Gasteiger partial charge >= 0.3 is 0 Å². The second-order valence-electron chi connectivity index (χ2n) is 4.08. The minimum atomic E-state index is -2.36. The topological polar surface area (TPSA) is 47.1 Å². The summed E-state index contributed by atoms with van der Waals surface area (Å²) in [7, 11) is 3.43. The minimum absolute atomic E-state index is 0.229. The zero-order chi connectivity index (χ0) is 12.3. The smallest absolute Gasteiger partial charge is 0.251 e. The van der Waals surface area contributed by atoms with Gasteiger partial charge in [-0.25, -0.2) is 8.78 Å². The lowest BCUT2D eigenvalue weighted by molar-refractivity contribution is 0.0754. The molecule has 0 aliphatic rings. The number of likely N-dealkylation sites (N-methyl/N-ethyl adjacent to an activating group) is 1. The molecule has 2 N–H and O–H groups in total. The van der Waals surface area contributed by atoms with Crippen LogP contribution in [0.1, 0.15) is 18.5 Å². The maximum Gasteiger partial charge on any atom is 0.251 e. The summed E-state index contributed by atoms with van der Waals surface area (Å²) >= 11 is 0. The Morgan fingerprint density at radius 3 is 2.56 bits per heavy atom. The van der Waals surface area contributed by atoms with Crippen LogP contribution in [0.2, 0.25) is 0 Å². The Morgan fingerprint density at radius 2 is 2.19 bits per heavy atom. The van der Waals surface area contributed by atoms with Crippen LogP contribution in [0.3, 0.4) is 0 Å². The van der Waals surface area contributed by atoms with Gasteiger partial charge in [-0.1, -0.05) is 0 Å². The second kappa shape index (κ2) is 5.36. The summed E-state index contributed by atoms with van der Waals surface area (Å²) in [4.78, 5) is 1.56. The molecule has 0 amide bonds. The van der Waals surface area contributed by atoms with Gasteiger partial charge in [-0.3, -0.25) is 9.58 Å². The summed E-state index contributed by atoms with van der Waals surface area (Å²) in [6, 6.07) is -0.462. The third-order valence-electron chi connectivity index (χ3n) is 2.47. The van der Waals surface area contributed by atoms with Crippen LogP contribution < -0.4 is 5.73 Å². The van der Waals surface area contributed by atoms with E-state index in [1.165, 1.54) is 0 Å². The zero-order valence-electron chi connectivity index (χ0n) is 9.77. The highest BCUT2D eigenvalue weighted by Gasteiger charge is 2.24. The molecule has 6 heteroatoms. The Balaban J connectivity index is 2.82. The number of nitrogens with zero attached hydrogens (tertiary/aromatic N) is 3. The summed E-state index contributed by atoms with van der Waals surface area (Å²) < 4.78 is 26.3. The highest BCUT2D eigenvalue weighted by Crippen LogP contribution is 2.22. The van der Waals surface area contributed by atoms with Gasteiger partial charge in [0.15, 0.2) is 0 Å². The molecule has 0 saturated carbocycles. The largest absolute Gasteiger partial charge is 0.326 e. The van der Waals surface area contributed by atoms with E-state index in [-0.39, 0.29) is 18.6 Å². The maximum atomic E-state index is 12.3. The van der Waals surface area contributed by atoms with Crippen LogP contribution in [0.5, 0.6) is 0 Å². The fourth-order valence-corrected chi connectivity index (χ4v) is 1.88. The van der Waals surface area contributed by atoms with Crippen LogP contribution in [-0.2, 0) is 7.05 Å². The van der Waals surface area contributed by atoms with Crippen molar-refractivity contribution in [2.24, 2.45) is 12.8 Å². The molecule has 0 spiro atoms. The van der Waals surface area contributed by atoms with Crippen molar-refractivity contribution >= 4 is 0 Å². The third-order valence-corrected chi connectivity index (χ3v) is 2.47. The molecule has 1 heterocycles. The average Bonchev–Trinajstić information content (AvgIpc) is 2.49. The van der Waals surface area contributed by atoms with Crippen molar-refractivity contribution in [1.82, 2.24) is 14.7 Å². The monoisotopic (exact) mass is 232 g/mol. The number of aryl methyl sites for hydroxylation is 1. The number of alkyl halides is 2. The Labute approximate surface area is 94.0 Å². The normalized spacial score (nSPS) is 15.8. The Kier molecular flexibility index (Phi) is 4.37. The maximum absolute atomic E-state index is 12.3. The molecule has 1 aromatic heterocycles. The van der Waals surface area contributed by atoms with Crippen LogP contribution in [-0.4, -0.2) is 40.7 Å². The summed E-state index contributed by atoms with van der Waals surface area (Å²) in [6.07, 6.45) is 1.11. The summed E-state index contributed by atoms with van der Waals surface area (Å²) in [6.45, 7) is 1.51. The SMILES string of the molecule is CC(N)C(c1cnn(C)c1)N(C)CC(F)F. The van der Waals surface area contributed by atoms with E-state index in [4.69, 9.17) is 5.73 Å². The molecule has 0 aliphatic heterocycles. The first-order chi connectivity index (χ1) is 7.41. The molecule has 0 saturated heterocycles. The Bertz CT molecular complexity index is 324. The van der Waals surface area contributed by atoms with Crippen molar-refractivity contribution in [1.29, 1.82) is 0 Å². The molecule has 0 fully saturated rings. The summed E-state index contributed by atoms with van der Waals surface area (Å²) in [5.41, 5.74) is 6.69. The van der Waals surface area contributed by atoms with E-state index < -0.39 is 6.43 Å². The standard InChI is InChI=1S/C10H18F2N4/c1-7(13)10(15(2)6-9(11)12)8-4-14-16(3)5-8/h4-5,7,9-10H,6,13H2,1-3H3. The molecular weight excluding hydrogens is 214 g/mol. The number of aromatic nitrogens is 2. The van der Waals surface area contributed by atoms with Gasteiger partial charge in [0.05, 0.1) is 18.8 Å².